The molecule has 2 rings (SSSR count). The molecule has 0 radical (unpaired) electrons. The predicted molar refractivity (Wildman–Crippen MR) is 98.1 cm³/mol. The standard InChI is InChI=1S/C19H28N4O/c1-5-9-16-18(15-10-6-7-11-21-15)17(19(20)24)14(2)23(16)13-8-12-22(3)4/h6-7,10-11H,5,8-9,12-13H2,1-4H3,(H2,20,24). The van der Waals surface area contributed by atoms with Crippen LogP contribution in [0, 0.1) is 6.92 Å². The van der Waals surface area contributed by atoms with Crippen LogP contribution in [0.15, 0.2) is 24.4 Å². The normalized spacial score (nSPS) is 11.2. The highest BCUT2D eigenvalue weighted by Gasteiger charge is 2.24. The molecule has 2 heterocycles. The van der Waals surface area contributed by atoms with Crippen molar-refractivity contribution in [1.82, 2.24) is 14.5 Å². The SMILES string of the molecule is CCCc1c(-c2ccccn2)c(C(N)=O)c(C)n1CCCN(C)C. The zero-order valence-electron chi connectivity index (χ0n) is 15.2. The Balaban J connectivity index is 2.56. The van der Waals surface area contributed by atoms with Crippen molar-refractivity contribution in [2.75, 3.05) is 20.6 Å². The number of nitrogens with zero attached hydrogens (tertiary/aromatic N) is 3. The summed E-state index contributed by atoms with van der Waals surface area (Å²) in [6.07, 6.45) is 4.70. The lowest BCUT2D eigenvalue weighted by molar-refractivity contribution is 0.1000. The highest BCUT2D eigenvalue weighted by atomic mass is 16.1. The van der Waals surface area contributed by atoms with Crippen LogP contribution in [-0.4, -0.2) is 41.0 Å². The van der Waals surface area contributed by atoms with Crippen molar-refractivity contribution in [3.63, 3.8) is 0 Å². The second-order valence-electron chi connectivity index (χ2n) is 6.42. The Morgan fingerprint density at radius 1 is 1.33 bits per heavy atom. The van der Waals surface area contributed by atoms with E-state index in [0.29, 0.717) is 5.56 Å². The maximum atomic E-state index is 12.1. The van der Waals surface area contributed by atoms with E-state index in [2.05, 4.69) is 35.5 Å². The van der Waals surface area contributed by atoms with Crippen LogP contribution < -0.4 is 5.73 Å². The highest BCUT2D eigenvalue weighted by Crippen LogP contribution is 2.32. The number of primary amides is 1. The molecule has 0 spiro atoms. The van der Waals surface area contributed by atoms with E-state index in [0.717, 1.165) is 49.3 Å². The number of pyridine rings is 1. The van der Waals surface area contributed by atoms with Gasteiger partial charge in [0.15, 0.2) is 0 Å². The summed E-state index contributed by atoms with van der Waals surface area (Å²) < 4.78 is 2.26. The lowest BCUT2D eigenvalue weighted by Gasteiger charge is -2.14. The van der Waals surface area contributed by atoms with E-state index in [4.69, 9.17) is 5.73 Å². The van der Waals surface area contributed by atoms with Crippen molar-refractivity contribution in [3.8, 4) is 11.3 Å². The Bertz CT molecular complexity index is 689. The number of amides is 1. The van der Waals surface area contributed by atoms with E-state index < -0.39 is 0 Å². The van der Waals surface area contributed by atoms with Gasteiger partial charge in [0.1, 0.15) is 0 Å². The van der Waals surface area contributed by atoms with E-state index in [9.17, 15) is 4.79 Å². The summed E-state index contributed by atoms with van der Waals surface area (Å²) in [5.41, 5.74) is 10.2. The Kier molecular flexibility index (Phi) is 6.15. The van der Waals surface area contributed by atoms with Gasteiger partial charge in [-0.05, 0) is 52.5 Å². The van der Waals surface area contributed by atoms with Crippen LogP contribution in [0.4, 0.5) is 0 Å². The zero-order valence-corrected chi connectivity index (χ0v) is 15.2. The van der Waals surface area contributed by atoms with E-state index in [1.54, 1.807) is 6.20 Å². The number of hydrogen-bond acceptors (Lipinski definition) is 3. The Labute approximate surface area is 144 Å². The topological polar surface area (TPSA) is 64.1 Å². The van der Waals surface area contributed by atoms with Crippen molar-refractivity contribution in [1.29, 1.82) is 0 Å². The van der Waals surface area contributed by atoms with E-state index in [1.807, 2.05) is 25.1 Å². The maximum Gasteiger partial charge on any atom is 0.251 e. The molecule has 0 aliphatic rings. The van der Waals surface area contributed by atoms with Gasteiger partial charge in [-0.3, -0.25) is 9.78 Å². The van der Waals surface area contributed by atoms with Gasteiger partial charge < -0.3 is 15.2 Å². The summed E-state index contributed by atoms with van der Waals surface area (Å²) in [6, 6.07) is 5.78. The summed E-state index contributed by atoms with van der Waals surface area (Å²) in [4.78, 5) is 18.8. The molecule has 0 aliphatic heterocycles. The van der Waals surface area contributed by atoms with Crippen LogP contribution in [0.2, 0.25) is 0 Å². The van der Waals surface area contributed by atoms with Crippen LogP contribution in [-0.2, 0) is 13.0 Å². The molecule has 24 heavy (non-hydrogen) atoms. The highest BCUT2D eigenvalue weighted by molar-refractivity contribution is 6.01. The van der Waals surface area contributed by atoms with Crippen molar-refractivity contribution in [2.45, 2.75) is 39.7 Å². The first kappa shape index (κ1) is 18.2. The third-order valence-corrected chi connectivity index (χ3v) is 4.27. The molecular formula is C19H28N4O. The van der Waals surface area contributed by atoms with Gasteiger partial charge in [0, 0.05) is 29.7 Å². The summed E-state index contributed by atoms with van der Waals surface area (Å²) in [6.45, 7) is 6.03. The first-order valence-electron chi connectivity index (χ1n) is 8.55. The molecule has 5 nitrogen and oxygen atoms in total. The molecule has 2 aromatic rings. The number of aromatic nitrogens is 2. The third-order valence-electron chi connectivity index (χ3n) is 4.27. The molecule has 0 saturated heterocycles. The lowest BCUT2D eigenvalue weighted by Crippen LogP contribution is -2.17. The smallest absolute Gasteiger partial charge is 0.251 e. The Morgan fingerprint density at radius 3 is 2.62 bits per heavy atom. The summed E-state index contributed by atoms with van der Waals surface area (Å²) in [5, 5.41) is 0. The monoisotopic (exact) mass is 328 g/mol. The molecule has 2 aromatic heterocycles. The molecule has 0 bridgehead atoms. The molecule has 0 saturated carbocycles. The zero-order chi connectivity index (χ0) is 17.7. The van der Waals surface area contributed by atoms with Crippen LogP contribution in [0.1, 0.15) is 41.5 Å². The molecule has 0 aliphatic carbocycles. The number of carbonyl (C=O) groups excluding carboxylic acids is 1. The second-order valence-corrected chi connectivity index (χ2v) is 6.42. The number of nitrogens with two attached hydrogens (primary N) is 1. The average molecular weight is 328 g/mol. The molecule has 130 valence electrons. The number of hydrogen-bond donors (Lipinski definition) is 1. The third kappa shape index (κ3) is 3.85. The maximum absolute atomic E-state index is 12.1. The lowest BCUT2D eigenvalue weighted by atomic mass is 10.0. The van der Waals surface area contributed by atoms with Gasteiger partial charge in [0.05, 0.1) is 11.3 Å². The van der Waals surface area contributed by atoms with Crippen molar-refractivity contribution < 1.29 is 4.79 Å². The molecule has 0 fully saturated rings. The molecule has 0 aromatic carbocycles. The van der Waals surface area contributed by atoms with Crippen molar-refractivity contribution in [3.05, 3.63) is 41.3 Å². The van der Waals surface area contributed by atoms with Gasteiger partial charge in [-0.15, -0.1) is 0 Å². The van der Waals surface area contributed by atoms with E-state index >= 15 is 0 Å². The van der Waals surface area contributed by atoms with Crippen molar-refractivity contribution in [2.24, 2.45) is 5.73 Å². The molecule has 0 unspecified atom stereocenters. The van der Waals surface area contributed by atoms with Crippen LogP contribution >= 0.6 is 0 Å². The largest absolute Gasteiger partial charge is 0.366 e. The fraction of sp³-hybridized carbons (Fsp3) is 0.474. The summed E-state index contributed by atoms with van der Waals surface area (Å²) >= 11 is 0. The quantitative estimate of drug-likeness (QED) is 0.810. The number of carbonyl (C=O) groups is 1. The predicted octanol–water partition coefficient (Wildman–Crippen LogP) is 2.86. The van der Waals surface area contributed by atoms with Gasteiger partial charge in [-0.2, -0.15) is 0 Å². The van der Waals surface area contributed by atoms with Crippen molar-refractivity contribution >= 4 is 5.91 Å². The average Bonchev–Trinajstić information content (AvgIpc) is 2.81. The van der Waals surface area contributed by atoms with Crippen LogP contribution in [0.3, 0.4) is 0 Å². The molecule has 1 amide bonds. The minimum Gasteiger partial charge on any atom is -0.366 e. The van der Waals surface area contributed by atoms with Gasteiger partial charge in [0.2, 0.25) is 0 Å². The Hall–Kier alpha value is -2.14. The van der Waals surface area contributed by atoms with E-state index in [1.165, 1.54) is 5.69 Å². The molecule has 5 heteroatoms. The number of rotatable bonds is 8. The van der Waals surface area contributed by atoms with E-state index in [-0.39, 0.29) is 5.91 Å². The molecule has 2 N–H and O–H groups in total. The fourth-order valence-corrected chi connectivity index (χ4v) is 3.23. The molecule has 0 atom stereocenters. The minimum absolute atomic E-state index is 0.378. The minimum atomic E-state index is -0.378. The van der Waals surface area contributed by atoms with Gasteiger partial charge in [0.25, 0.3) is 5.91 Å². The fourth-order valence-electron chi connectivity index (χ4n) is 3.23. The van der Waals surface area contributed by atoms with Gasteiger partial charge in [-0.25, -0.2) is 0 Å². The van der Waals surface area contributed by atoms with Gasteiger partial charge >= 0.3 is 0 Å². The molecular weight excluding hydrogens is 300 g/mol. The summed E-state index contributed by atoms with van der Waals surface area (Å²) in [5.74, 6) is -0.378. The summed E-state index contributed by atoms with van der Waals surface area (Å²) in [7, 11) is 4.15. The Morgan fingerprint density at radius 2 is 2.08 bits per heavy atom. The van der Waals surface area contributed by atoms with Gasteiger partial charge in [-0.1, -0.05) is 19.4 Å². The first-order valence-corrected chi connectivity index (χ1v) is 8.55. The first-order chi connectivity index (χ1) is 11.5. The van der Waals surface area contributed by atoms with Crippen LogP contribution in [0.5, 0.6) is 0 Å². The van der Waals surface area contributed by atoms with Crippen LogP contribution in [0.25, 0.3) is 11.3 Å². The second kappa shape index (κ2) is 8.11.